The van der Waals surface area contributed by atoms with Crippen molar-refractivity contribution in [3.63, 3.8) is 0 Å². The number of primary amides is 2. The summed E-state index contributed by atoms with van der Waals surface area (Å²) in [6.45, 7) is 9.67. The van der Waals surface area contributed by atoms with Crippen molar-refractivity contribution in [2.45, 2.75) is 160 Å². The number of methoxy groups -OCH3 is 1. The number of cyclic esters (lactones) is 1. The molecule has 70 heavy (non-hydrogen) atoms. The smallest absolute Gasteiger partial charge is 0.329 e. The third-order valence-electron chi connectivity index (χ3n) is 12.4. The van der Waals surface area contributed by atoms with E-state index in [0.29, 0.717) is 28.6 Å². The molecule has 2 fully saturated rings. The number of hydrogen-bond acceptors (Lipinski definition) is 13. The zero-order chi connectivity index (χ0) is 52.6. The van der Waals surface area contributed by atoms with Crippen LogP contribution in [0, 0.1) is 11.8 Å². The normalized spacial score (nSPS) is 24.9. The van der Waals surface area contributed by atoms with Gasteiger partial charge in [-0.05, 0) is 90.9 Å². The van der Waals surface area contributed by atoms with Crippen LogP contribution >= 0.6 is 15.9 Å². The number of carbonyl (C=O) groups excluding carboxylic acids is 10. The van der Waals surface area contributed by atoms with Crippen LogP contribution in [-0.4, -0.2) is 149 Å². The molecule has 23 nitrogen and oxygen atoms in total. The molecule has 11 N–H and O–H groups in total. The number of nitrogens with one attached hydrogen (secondary N) is 6. The molecule has 3 rings (SSSR count). The average molecular weight is 1050 g/mol. The largest absolute Gasteiger partial charge is 0.496 e. The fourth-order valence-corrected chi connectivity index (χ4v) is 8.73. The number of rotatable bonds is 18. The van der Waals surface area contributed by atoms with Crippen LogP contribution in [0.2, 0.25) is 0 Å². The molecular weight excluding hydrogens is 980 g/mol. The molecule has 0 aliphatic carbocycles. The van der Waals surface area contributed by atoms with Crippen molar-refractivity contribution in [1.82, 2.24) is 41.7 Å². The van der Waals surface area contributed by atoms with Crippen molar-refractivity contribution < 1.29 is 62.5 Å². The number of benzene rings is 1. The monoisotopic (exact) mass is 1050 g/mol. The van der Waals surface area contributed by atoms with Crippen LogP contribution in [0.25, 0.3) is 0 Å². The Kier molecular flexibility index (Phi) is 22.8. The first-order valence-electron chi connectivity index (χ1n) is 23.6. The van der Waals surface area contributed by atoms with Gasteiger partial charge in [0.1, 0.15) is 60.4 Å². The molecule has 0 radical (unpaired) electrons. The number of halogens is 1. The fourth-order valence-electron chi connectivity index (χ4n) is 8.14. The third kappa shape index (κ3) is 16.3. The second-order valence-corrected chi connectivity index (χ2v) is 18.9. The van der Waals surface area contributed by atoms with Gasteiger partial charge in [0.15, 0.2) is 0 Å². The van der Waals surface area contributed by atoms with E-state index in [0.717, 1.165) is 9.80 Å². The summed E-state index contributed by atoms with van der Waals surface area (Å²) in [6, 6.07) is -6.02. The van der Waals surface area contributed by atoms with E-state index in [9.17, 15) is 53.1 Å². The van der Waals surface area contributed by atoms with E-state index in [-0.39, 0.29) is 57.9 Å². The second kappa shape index (κ2) is 27.4. The predicted molar refractivity (Wildman–Crippen MR) is 256 cm³/mol. The molecule has 390 valence electrons. The summed E-state index contributed by atoms with van der Waals surface area (Å²) in [6.07, 6.45) is -3.33. The minimum absolute atomic E-state index is 0.0168. The number of ether oxygens (including phenoxy) is 2. The maximum absolute atomic E-state index is 15.0. The molecule has 2 saturated heterocycles. The van der Waals surface area contributed by atoms with Gasteiger partial charge < -0.3 is 67.7 Å². The lowest BCUT2D eigenvalue weighted by Gasteiger charge is -2.44. The van der Waals surface area contributed by atoms with E-state index in [1.807, 2.05) is 0 Å². The van der Waals surface area contributed by atoms with Crippen LogP contribution in [0.5, 0.6) is 5.75 Å². The summed E-state index contributed by atoms with van der Waals surface area (Å²) < 4.78 is 11.8. The molecule has 0 aromatic heterocycles. The van der Waals surface area contributed by atoms with Gasteiger partial charge in [0, 0.05) is 32.9 Å². The minimum atomic E-state index is -1.82. The summed E-state index contributed by atoms with van der Waals surface area (Å²) in [4.78, 5) is 140. The standard InChI is InChI=1S/C46H71BrN10O13/c1-9-12-34(59)51-29(15-18-33(48)58)40(62)55-37-25(6)70-45(67)36(23(3)4)54-41(63)31(22-26-14-17-32(69-8)27(47)21-26)56(7)44(66)38(24(5)10-2)57-35(60)19-16-30(43(57)65)53-39(61)28(52-42(37)64)13-11-20-50-46(49)68/h14,17,21,23-25,28-31,35-38,60H,9-13,15-16,18-20,22H2,1-8H3,(H2,48,58)(H,51,59)(H,52,64)(H,53,61)(H,54,63)(H,55,62)(H3,49,50,68)/t24-,25+,28-,29-,30-,31-,35+,36-,37-,38-/m0/s1. The van der Waals surface area contributed by atoms with Crippen LogP contribution in [0.4, 0.5) is 4.79 Å². The van der Waals surface area contributed by atoms with Gasteiger partial charge in [-0.2, -0.15) is 0 Å². The van der Waals surface area contributed by atoms with Gasteiger partial charge in [-0.3, -0.25) is 38.4 Å². The molecule has 0 saturated carbocycles. The van der Waals surface area contributed by atoms with Crippen LogP contribution in [0.3, 0.4) is 0 Å². The van der Waals surface area contributed by atoms with Gasteiger partial charge >= 0.3 is 12.0 Å². The van der Waals surface area contributed by atoms with E-state index >= 15 is 0 Å². The molecule has 0 unspecified atom stereocenters. The number of nitrogens with two attached hydrogens (primary N) is 2. The lowest BCUT2D eigenvalue weighted by Crippen LogP contribution is -2.66. The van der Waals surface area contributed by atoms with Gasteiger partial charge in [-0.1, -0.05) is 47.1 Å². The molecule has 2 bridgehead atoms. The number of urea groups is 1. The number of likely N-dealkylation sites (N-methyl/N-ethyl adjacent to an activating group) is 1. The van der Waals surface area contributed by atoms with Crippen molar-refractivity contribution in [2.75, 3.05) is 20.7 Å². The highest BCUT2D eigenvalue weighted by Crippen LogP contribution is 2.29. The highest BCUT2D eigenvalue weighted by Gasteiger charge is 2.47. The average Bonchev–Trinajstić information content (AvgIpc) is 3.29. The molecule has 0 spiro atoms. The van der Waals surface area contributed by atoms with Crippen LogP contribution in [0.15, 0.2) is 22.7 Å². The Hall–Kier alpha value is -6.04. The quantitative estimate of drug-likeness (QED) is 0.0676. The van der Waals surface area contributed by atoms with E-state index in [1.165, 1.54) is 21.1 Å². The summed E-state index contributed by atoms with van der Waals surface area (Å²) >= 11 is 3.46. The minimum Gasteiger partial charge on any atom is -0.496 e. The first-order valence-corrected chi connectivity index (χ1v) is 24.4. The van der Waals surface area contributed by atoms with Crippen molar-refractivity contribution in [1.29, 1.82) is 0 Å². The van der Waals surface area contributed by atoms with Gasteiger partial charge in [-0.25, -0.2) is 9.59 Å². The highest BCUT2D eigenvalue weighted by molar-refractivity contribution is 9.10. The molecule has 10 atom stereocenters. The molecular formula is C46H71BrN10O13. The predicted octanol–water partition coefficient (Wildman–Crippen LogP) is -0.278. The Morgan fingerprint density at radius 3 is 2.23 bits per heavy atom. The SMILES string of the molecule is CCCC(=O)N[C@@H](CCC(N)=O)C(=O)N[C@@H]1C(=O)N[C@@H](CCCNC(N)=O)C(=O)N[C@H]2CC[C@@H](O)N(C2=O)[C@@H]([C@@H](C)CC)C(=O)N(C)[C@@H](Cc2ccc(OC)c(Br)c2)C(=O)N[C@@H](C(C)C)C(=O)O[C@@H]1C. The summed E-state index contributed by atoms with van der Waals surface area (Å²) in [7, 11) is 2.85. The zero-order valence-corrected chi connectivity index (χ0v) is 42.7. The number of piperidine rings is 1. The molecule has 2 aliphatic heterocycles. The maximum Gasteiger partial charge on any atom is 0.329 e. The molecule has 24 heteroatoms. The lowest BCUT2D eigenvalue weighted by atomic mass is 9.91. The lowest BCUT2D eigenvalue weighted by molar-refractivity contribution is -0.168. The summed E-state index contributed by atoms with van der Waals surface area (Å²) in [5.41, 5.74) is 11.2. The first kappa shape index (κ1) is 58.3. The molecule has 1 aromatic carbocycles. The van der Waals surface area contributed by atoms with Crippen molar-refractivity contribution in [3.05, 3.63) is 28.2 Å². The van der Waals surface area contributed by atoms with Crippen molar-refractivity contribution in [3.8, 4) is 5.75 Å². The first-order chi connectivity index (χ1) is 32.9. The number of hydrogen-bond donors (Lipinski definition) is 9. The fraction of sp³-hybridized carbons (Fsp3) is 0.652. The highest BCUT2D eigenvalue weighted by atomic mass is 79.9. The van der Waals surface area contributed by atoms with Gasteiger partial charge in [0.25, 0.3) is 0 Å². The maximum atomic E-state index is 15.0. The Balaban J connectivity index is 2.27. The number of esters is 1. The van der Waals surface area contributed by atoms with Crippen molar-refractivity contribution >= 4 is 75.2 Å². The summed E-state index contributed by atoms with van der Waals surface area (Å²) in [5, 5.41) is 26.9. The third-order valence-corrected chi connectivity index (χ3v) is 13.0. The number of nitrogens with zero attached hydrogens (tertiary/aromatic N) is 2. The van der Waals surface area contributed by atoms with Crippen LogP contribution in [-0.2, 0) is 54.3 Å². The number of amides is 10. The number of fused-ring (bicyclic) bond motifs is 2. The Morgan fingerprint density at radius 2 is 1.64 bits per heavy atom. The Bertz CT molecular complexity index is 2080. The Labute approximate surface area is 416 Å². The van der Waals surface area contributed by atoms with Gasteiger partial charge in [0.05, 0.1) is 11.6 Å². The zero-order valence-electron chi connectivity index (χ0n) is 41.1. The molecule has 10 amide bonds. The number of aliphatic hydroxyl groups is 1. The number of aliphatic hydroxyl groups excluding tert-OH is 1. The van der Waals surface area contributed by atoms with E-state index in [1.54, 1.807) is 52.8 Å². The topological polar surface area (TPSA) is 340 Å². The molecule has 1 aromatic rings. The van der Waals surface area contributed by atoms with E-state index < -0.39 is 126 Å². The molecule has 2 heterocycles. The second-order valence-electron chi connectivity index (χ2n) is 18.1. The molecule has 2 aliphatic rings. The Morgan fingerprint density at radius 1 is 0.957 bits per heavy atom. The van der Waals surface area contributed by atoms with Crippen molar-refractivity contribution in [2.24, 2.45) is 23.3 Å². The van der Waals surface area contributed by atoms with Gasteiger partial charge in [0.2, 0.25) is 47.3 Å². The van der Waals surface area contributed by atoms with Gasteiger partial charge in [-0.15, -0.1) is 0 Å². The van der Waals surface area contributed by atoms with E-state index in [4.69, 9.17) is 20.9 Å². The van der Waals surface area contributed by atoms with E-state index in [2.05, 4.69) is 47.8 Å². The van der Waals surface area contributed by atoms with Crippen LogP contribution in [0.1, 0.15) is 105 Å². The van der Waals surface area contributed by atoms with Crippen LogP contribution < -0.4 is 48.1 Å². The number of carbonyl (C=O) groups is 10. The summed E-state index contributed by atoms with van der Waals surface area (Å²) in [5.74, 6) is -8.48.